The molecule has 2 saturated heterocycles. The van der Waals surface area contributed by atoms with Gasteiger partial charge < -0.3 is 14.7 Å². The summed E-state index contributed by atoms with van der Waals surface area (Å²) in [4.78, 5) is 26.7. The summed E-state index contributed by atoms with van der Waals surface area (Å²) in [5.41, 5.74) is -0.0932. The van der Waals surface area contributed by atoms with Crippen LogP contribution in [0.1, 0.15) is 12.0 Å². The van der Waals surface area contributed by atoms with E-state index >= 15 is 0 Å². The van der Waals surface area contributed by atoms with Crippen LogP contribution in [0.25, 0.3) is 0 Å². The number of likely N-dealkylation sites (tertiary alicyclic amines) is 2. The van der Waals surface area contributed by atoms with Crippen LogP contribution in [0, 0.1) is 17.2 Å². The predicted octanol–water partition coefficient (Wildman–Crippen LogP) is 1.30. The number of nitrogens with zero attached hydrogens (tertiary/aromatic N) is 3. The van der Waals surface area contributed by atoms with Gasteiger partial charge in [0.15, 0.2) is 0 Å². The predicted molar refractivity (Wildman–Crippen MR) is 79.6 cm³/mol. The molecule has 23 heavy (non-hydrogen) atoms. The molecule has 1 N–H and O–H groups in total. The summed E-state index contributed by atoms with van der Waals surface area (Å²) in [5.74, 6) is 0.108. The number of ether oxygens (including phenoxy) is 1. The molecule has 3 rings (SSSR count). The van der Waals surface area contributed by atoms with Crippen LogP contribution in [0.5, 0.6) is 5.75 Å². The van der Waals surface area contributed by atoms with Gasteiger partial charge in [0, 0.05) is 13.1 Å². The number of β-lactam (4-membered cyclic amide) rings is 1. The van der Waals surface area contributed by atoms with E-state index in [9.17, 15) is 14.7 Å². The Labute approximate surface area is 133 Å². The third-order valence-corrected chi connectivity index (χ3v) is 4.59. The first kappa shape index (κ1) is 15.2. The first-order chi connectivity index (χ1) is 11.0. The maximum absolute atomic E-state index is 12.6. The van der Waals surface area contributed by atoms with Crippen LogP contribution in [0.4, 0.5) is 4.79 Å². The Morgan fingerprint density at radius 3 is 2.70 bits per heavy atom. The molecule has 1 aromatic rings. The zero-order valence-electron chi connectivity index (χ0n) is 12.7. The third kappa shape index (κ3) is 2.36. The second-order valence-corrected chi connectivity index (χ2v) is 5.96. The van der Waals surface area contributed by atoms with Crippen molar-refractivity contribution in [3.05, 3.63) is 29.8 Å². The number of carbonyl (C=O) groups excluding carboxylic acids is 1. The molecular weight excluding hydrogens is 298 g/mol. The van der Waals surface area contributed by atoms with Gasteiger partial charge in [-0.1, -0.05) is 12.1 Å². The molecular formula is C16H17N3O4. The molecule has 7 heteroatoms. The van der Waals surface area contributed by atoms with Crippen LogP contribution in [0.2, 0.25) is 0 Å². The molecule has 1 aromatic carbocycles. The molecule has 2 fully saturated rings. The fourth-order valence-corrected chi connectivity index (χ4v) is 3.42. The molecule has 1 spiro atoms. The summed E-state index contributed by atoms with van der Waals surface area (Å²) < 4.78 is 5.09. The number of nitriles is 1. The van der Waals surface area contributed by atoms with E-state index in [0.717, 1.165) is 16.2 Å². The molecule has 0 saturated carbocycles. The van der Waals surface area contributed by atoms with Crippen LogP contribution in [-0.4, -0.2) is 52.6 Å². The maximum Gasteiger partial charge on any atom is 0.408 e. The first-order valence-corrected chi connectivity index (χ1v) is 7.32. The van der Waals surface area contributed by atoms with E-state index in [-0.39, 0.29) is 18.9 Å². The minimum Gasteiger partial charge on any atom is -0.497 e. The Kier molecular flexibility index (Phi) is 3.60. The smallest absolute Gasteiger partial charge is 0.408 e. The van der Waals surface area contributed by atoms with E-state index in [1.54, 1.807) is 12.0 Å². The Hall–Kier alpha value is -2.75. The summed E-state index contributed by atoms with van der Waals surface area (Å²) >= 11 is 0. The lowest BCUT2D eigenvalue weighted by atomic mass is 9.83. The summed E-state index contributed by atoms with van der Waals surface area (Å²) in [7, 11) is 1.59. The average Bonchev–Trinajstić information content (AvgIpc) is 2.97. The van der Waals surface area contributed by atoms with Crippen molar-refractivity contribution >= 4 is 12.0 Å². The molecule has 2 aliphatic heterocycles. The van der Waals surface area contributed by atoms with Gasteiger partial charge in [-0.15, -0.1) is 0 Å². The van der Waals surface area contributed by atoms with Crippen molar-refractivity contribution in [1.29, 1.82) is 5.26 Å². The lowest BCUT2D eigenvalue weighted by molar-refractivity contribution is -0.160. The van der Waals surface area contributed by atoms with Crippen LogP contribution in [0.15, 0.2) is 24.3 Å². The zero-order valence-corrected chi connectivity index (χ0v) is 12.7. The van der Waals surface area contributed by atoms with Crippen molar-refractivity contribution < 1.29 is 19.4 Å². The lowest BCUT2D eigenvalue weighted by Gasteiger charge is -2.50. The number of rotatable bonds is 3. The van der Waals surface area contributed by atoms with Crippen molar-refractivity contribution in [1.82, 2.24) is 9.80 Å². The van der Waals surface area contributed by atoms with Crippen molar-refractivity contribution in [3.8, 4) is 11.8 Å². The van der Waals surface area contributed by atoms with Gasteiger partial charge in [0.2, 0.25) is 0 Å². The number of hydrogen-bond donors (Lipinski definition) is 1. The van der Waals surface area contributed by atoms with Gasteiger partial charge in [-0.05, 0) is 24.1 Å². The second-order valence-electron chi connectivity index (χ2n) is 5.96. The van der Waals surface area contributed by atoms with E-state index in [1.165, 1.54) is 0 Å². The quantitative estimate of drug-likeness (QED) is 0.849. The Morgan fingerprint density at radius 2 is 2.17 bits per heavy atom. The zero-order chi connectivity index (χ0) is 16.6. The van der Waals surface area contributed by atoms with Crippen molar-refractivity contribution in [2.24, 2.45) is 5.92 Å². The van der Waals surface area contributed by atoms with Crippen LogP contribution < -0.4 is 4.74 Å². The topological polar surface area (TPSA) is 93.9 Å². The van der Waals surface area contributed by atoms with E-state index in [4.69, 9.17) is 10.00 Å². The summed E-state index contributed by atoms with van der Waals surface area (Å²) in [6.07, 6.45) is -0.853. The normalized spacial score (nSPS) is 26.1. The fourth-order valence-electron chi connectivity index (χ4n) is 3.42. The van der Waals surface area contributed by atoms with Gasteiger partial charge >= 0.3 is 6.09 Å². The number of hydrogen-bond acceptors (Lipinski definition) is 4. The fraction of sp³-hybridized carbons (Fsp3) is 0.438. The van der Waals surface area contributed by atoms with Gasteiger partial charge in [-0.3, -0.25) is 9.69 Å². The highest BCUT2D eigenvalue weighted by molar-refractivity contribution is 5.96. The Balaban J connectivity index is 1.71. The number of carboxylic acid groups (broad SMARTS) is 1. The molecule has 7 nitrogen and oxygen atoms in total. The number of methoxy groups -OCH3 is 1. The lowest BCUT2D eigenvalue weighted by Crippen LogP contribution is -2.72. The highest BCUT2D eigenvalue weighted by Gasteiger charge is 2.62. The molecule has 120 valence electrons. The first-order valence-electron chi connectivity index (χ1n) is 7.32. The standard InChI is InChI=1S/C16H17N3O4/c1-23-13-4-2-11(3-5-13)8-18-10-16(14(18)20)6-12(7-17)9-19(16)15(21)22/h2-5,12H,6,8-10H2,1H3,(H,21,22)/t12-,16?/m1/s1. The van der Waals surface area contributed by atoms with Crippen LogP contribution in [0.3, 0.4) is 0 Å². The Bertz CT molecular complexity index is 682. The monoisotopic (exact) mass is 315 g/mol. The molecule has 2 aliphatic rings. The van der Waals surface area contributed by atoms with Gasteiger partial charge in [-0.25, -0.2) is 4.79 Å². The summed E-state index contributed by atoms with van der Waals surface area (Å²) in [6.45, 7) is 0.867. The Morgan fingerprint density at radius 1 is 1.48 bits per heavy atom. The van der Waals surface area contributed by atoms with Crippen LogP contribution in [-0.2, 0) is 11.3 Å². The molecule has 0 radical (unpaired) electrons. The SMILES string of the molecule is COc1ccc(CN2CC3(C[C@H](C#N)CN3C(=O)O)C2=O)cc1. The largest absolute Gasteiger partial charge is 0.497 e. The van der Waals surface area contributed by atoms with Crippen molar-refractivity contribution in [2.75, 3.05) is 20.2 Å². The number of benzene rings is 1. The van der Waals surface area contributed by atoms with E-state index in [2.05, 4.69) is 6.07 Å². The van der Waals surface area contributed by atoms with Crippen molar-refractivity contribution in [2.45, 2.75) is 18.5 Å². The number of carbonyl (C=O) groups is 2. The molecule has 2 atom stereocenters. The molecule has 2 heterocycles. The molecule has 1 unspecified atom stereocenters. The highest BCUT2D eigenvalue weighted by atomic mass is 16.5. The summed E-state index contributed by atoms with van der Waals surface area (Å²) in [6, 6.07) is 9.47. The minimum absolute atomic E-state index is 0.105. The van der Waals surface area contributed by atoms with Gasteiger partial charge in [-0.2, -0.15) is 5.26 Å². The maximum atomic E-state index is 12.6. The minimum atomic E-state index is -1.14. The van der Waals surface area contributed by atoms with Gasteiger partial charge in [0.25, 0.3) is 5.91 Å². The molecule has 0 aliphatic carbocycles. The van der Waals surface area contributed by atoms with Gasteiger partial charge in [0.1, 0.15) is 11.3 Å². The summed E-state index contributed by atoms with van der Waals surface area (Å²) in [5, 5.41) is 18.4. The average molecular weight is 315 g/mol. The second kappa shape index (κ2) is 5.47. The third-order valence-electron chi connectivity index (χ3n) is 4.59. The number of amides is 2. The molecule has 0 bridgehead atoms. The molecule has 2 amide bonds. The van der Waals surface area contributed by atoms with Crippen LogP contribution >= 0.6 is 0 Å². The molecule has 0 aromatic heterocycles. The van der Waals surface area contributed by atoms with E-state index < -0.39 is 17.6 Å². The van der Waals surface area contributed by atoms with Gasteiger partial charge in [0.05, 0.1) is 25.6 Å². The van der Waals surface area contributed by atoms with Crippen molar-refractivity contribution in [3.63, 3.8) is 0 Å². The highest BCUT2D eigenvalue weighted by Crippen LogP contribution is 2.42. The van der Waals surface area contributed by atoms with E-state index in [1.807, 2.05) is 24.3 Å². The van der Waals surface area contributed by atoms with E-state index in [0.29, 0.717) is 13.1 Å².